The maximum Gasteiger partial charge on any atom is 0.275 e. The first-order valence-electron chi connectivity index (χ1n) is 12.0. The summed E-state index contributed by atoms with van der Waals surface area (Å²) in [6, 6.07) is 8.57. The third-order valence-corrected chi connectivity index (χ3v) is 6.50. The van der Waals surface area contributed by atoms with Gasteiger partial charge in [-0.15, -0.1) is 0 Å². The lowest BCUT2D eigenvalue weighted by molar-refractivity contribution is -0.130. The molecule has 9 nitrogen and oxygen atoms in total. The minimum absolute atomic E-state index is 0.0431. The molecule has 2 aliphatic rings. The molecule has 4 rings (SSSR count). The summed E-state index contributed by atoms with van der Waals surface area (Å²) in [4.78, 5) is 37.2. The lowest BCUT2D eigenvalue weighted by Crippen LogP contribution is -2.50. The fraction of sp³-hybridized carbons (Fsp3) is 0.560. The third-order valence-electron chi connectivity index (χ3n) is 6.50. The quantitative estimate of drug-likeness (QED) is 0.581. The van der Waals surface area contributed by atoms with E-state index in [-0.39, 0.29) is 11.8 Å². The summed E-state index contributed by atoms with van der Waals surface area (Å²) in [6.45, 7) is 12.4. The molecule has 2 amide bonds. The zero-order chi connectivity index (χ0) is 23.9. The summed E-state index contributed by atoms with van der Waals surface area (Å²) in [7, 11) is 0. The van der Waals surface area contributed by atoms with Gasteiger partial charge in [-0.05, 0) is 12.5 Å². The molecule has 0 unspecified atom stereocenters. The van der Waals surface area contributed by atoms with Crippen LogP contribution in [-0.4, -0.2) is 102 Å². The van der Waals surface area contributed by atoms with Gasteiger partial charge >= 0.3 is 0 Å². The van der Waals surface area contributed by atoms with Crippen molar-refractivity contribution in [1.82, 2.24) is 24.6 Å². The molecule has 2 aliphatic heterocycles. The standard InChI is InChI=1S/C25H35N5O4/c1-20-3-5-22(6-4-20)17-28(8-7-27-13-15-33-16-14-27)18-24-26-23(19-34-24)25(32)30-11-9-29(10-12-30)21(2)31/h3-6,19H,7-18H2,1-2H3. The van der Waals surface area contributed by atoms with E-state index >= 15 is 0 Å². The number of nitrogens with zero attached hydrogens (tertiary/aromatic N) is 5. The Hall–Kier alpha value is -2.75. The zero-order valence-electron chi connectivity index (χ0n) is 20.2. The Morgan fingerprint density at radius 2 is 1.65 bits per heavy atom. The number of ether oxygens (including phenoxy) is 1. The number of oxazole rings is 1. The van der Waals surface area contributed by atoms with Gasteiger partial charge in [0.05, 0.1) is 19.8 Å². The van der Waals surface area contributed by atoms with Gasteiger partial charge in [0.25, 0.3) is 5.91 Å². The highest BCUT2D eigenvalue weighted by molar-refractivity contribution is 5.92. The fourth-order valence-corrected chi connectivity index (χ4v) is 4.33. The van der Waals surface area contributed by atoms with E-state index < -0.39 is 0 Å². The molecule has 1 aromatic heterocycles. The van der Waals surface area contributed by atoms with Crippen molar-refractivity contribution < 1.29 is 18.7 Å². The number of aromatic nitrogens is 1. The average molecular weight is 470 g/mol. The molecule has 0 N–H and O–H groups in total. The Bertz CT molecular complexity index is 946. The fourth-order valence-electron chi connectivity index (χ4n) is 4.33. The number of rotatable bonds is 8. The minimum Gasteiger partial charge on any atom is -0.447 e. The van der Waals surface area contributed by atoms with Gasteiger partial charge in [0.15, 0.2) is 5.69 Å². The predicted octanol–water partition coefficient (Wildman–Crippen LogP) is 1.62. The molecule has 3 heterocycles. The number of morpholine rings is 1. The van der Waals surface area contributed by atoms with Crippen LogP contribution in [0.1, 0.15) is 34.4 Å². The number of piperazine rings is 1. The summed E-state index contributed by atoms with van der Waals surface area (Å²) in [5.74, 6) is 0.443. The third kappa shape index (κ3) is 6.65. The van der Waals surface area contributed by atoms with Crippen molar-refractivity contribution in [3.05, 3.63) is 53.2 Å². The molecule has 2 saturated heterocycles. The lowest BCUT2D eigenvalue weighted by atomic mass is 10.1. The van der Waals surface area contributed by atoms with Crippen molar-refractivity contribution in [3.63, 3.8) is 0 Å². The van der Waals surface area contributed by atoms with Crippen LogP contribution in [0, 0.1) is 6.92 Å². The van der Waals surface area contributed by atoms with Crippen molar-refractivity contribution in [2.75, 3.05) is 65.6 Å². The molecular weight excluding hydrogens is 434 g/mol. The second-order valence-electron chi connectivity index (χ2n) is 9.08. The Balaban J connectivity index is 1.37. The topological polar surface area (TPSA) is 82.4 Å². The number of hydrogen-bond acceptors (Lipinski definition) is 7. The van der Waals surface area contributed by atoms with Gasteiger partial charge in [-0.2, -0.15) is 0 Å². The Kier molecular flexibility index (Phi) is 8.31. The molecule has 0 saturated carbocycles. The molecule has 0 radical (unpaired) electrons. The maximum atomic E-state index is 12.9. The normalized spacial score (nSPS) is 17.4. The van der Waals surface area contributed by atoms with Crippen LogP contribution in [0.5, 0.6) is 0 Å². The van der Waals surface area contributed by atoms with Gasteiger partial charge in [0.1, 0.15) is 6.26 Å². The molecule has 0 bridgehead atoms. The summed E-state index contributed by atoms with van der Waals surface area (Å²) in [6.07, 6.45) is 1.46. The van der Waals surface area contributed by atoms with Gasteiger partial charge in [0, 0.05) is 65.8 Å². The number of benzene rings is 1. The largest absolute Gasteiger partial charge is 0.447 e. The monoisotopic (exact) mass is 469 g/mol. The molecule has 184 valence electrons. The molecule has 0 atom stereocenters. The van der Waals surface area contributed by atoms with Crippen LogP contribution in [0.15, 0.2) is 34.9 Å². The predicted molar refractivity (Wildman–Crippen MR) is 127 cm³/mol. The van der Waals surface area contributed by atoms with Crippen LogP contribution >= 0.6 is 0 Å². The molecular formula is C25H35N5O4. The van der Waals surface area contributed by atoms with E-state index in [4.69, 9.17) is 9.15 Å². The van der Waals surface area contributed by atoms with E-state index in [1.165, 1.54) is 17.4 Å². The molecule has 0 spiro atoms. The first-order valence-corrected chi connectivity index (χ1v) is 12.0. The second kappa shape index (κ2) is 11.6. The van der Waals surface area contributed by atoms with Crippen molar-refractivity contribution >= 4 is 11.8 Å². The number of hydrogen-bond donors (Lipinski definition) is 0. The van der Waals surface area contributed by atoms with Crippen LogP contribution in [0.25, 0.3) is 0 Å². The van der Waals surface area contributed by atoms with Crippen LogP contribution in [0.4, 0.5) is 0 Å². The Labute approximate surface area is 201 Å². The summed E-state index contributed by atoms with van der Waals surface area (Å²) >= 11 is 0. The van der Waals surface area contributed by atoms with Crippen molar-refractivity contribution in [2.24, 2.45) is 0 Å². The number of amides is 2. The molecule has 1 aromatic carbocycles. The van der Waals surface area contributed by atoms with Gasteiger partial charge in [-0.1, -0.05) is 29.8 Å². The Morgan fingerprint density at radius 3 is 2.32 bits per heavy atom. The second-order valence-corrected chi connectivity index (χ2v) is 9.08. The van der Waals surface area contributed by atoms with Crippen LogP contribution < -0.4 is 0 Å². The maximum absolute atomic E-state index is 12.9. The van der Waals surface area contributed by atoms with Gasteiger partial charge < -0.3 is 19.0 Å². The highest BCUT2D eigenvalue weighted by Crippen LogP contribution is 2.14. The van der Waals surface area contributed by atoms with E-state index in [1.807, 2.05) is 0 Å². The van der Waals surface area contributed by atoms with E-state index in [0.717, 1.165) is 45.9 Å². The van der Waals surface area contributed by atoms with Crippen LogP contribution in [0.3, 0.4) is 0 Å². The SMILES string of the molecule is CC(=O)N1CCN(C(=O)c2coc(CN(CCN3CCOCC3)Cc3ccc(C)cc3)n2)CC1. The molecule has 2 aromatic rings. The molecule has 34 heavy (non-hydrogen) atoms. The zero-order valence-corrected chi connectivity index (χ0v) is 20.2. The summed E-state index contributed by atoms with van der Waals surface area (Å²) < 4.78 is 11.2. The van der Waals surface area contributed by atoms with Crippen molar-refractivity contribution in [1.29, 1.82) is 0 Å². The van der Waals surface area contributed by atoms with Gasteiger partial charge in [-0.3, -0.25) is 19.4 Å². The van der Waals surface area contributed by atoms with E-state index in [2.05, 4.69) is 46.0 Å². The van der Waals surface area contributed by atoms with E-state index in [1.54, 1.807) is 16.7 Å². The molecule has 0 aliphatic carbocycles. The Morgan fingerprint density at radius 1 is 0.971 bits per heavy atom. The van der Waals surface area contributed by atoms with E-state index in [9.17, 15) is 9.59 Å². The molecule has 2 fully saturated rings. The van der Waals surface area contributed by atoms with Gasteiger partial charge in [0.2, 0.25) is 11.8 Å². The smallest absolute Gasteiger partial charge is 0.275 e. The first-order chi connectivity index (χ1) is 16.5. The summed E-state index contributed by atoms with van der Waals surface area (Å²) in [5.41, 5.74) is 2.80. The van der Waals surface area contributed by atoms with Crippen molar-refractivity contribution in [3.8, 4) is 0 Å². The number of aryl methyl sites for hydroxylation is 1. The van der Waals surface area contributed by atoms with Crippen LogP contribution in [-0.2, 0) is 22.6 Å². The van der Waals surface area contributed by atoms with Gasteiger partial charge in [-0.25, -0.2) is 4.98 Å². The molecule has 9 heteroatoms. The minimum atomic E-state index is -0.142. The highest BCUT2D eigenvalue weighted by Gasteiger charge is 2.25. The van der Waals surface area contributed by atoms with E-state index in [0.29, 0.717) is 44.3 Å². The lowest BCUT2D eigenvalue weighted by Gasteiger charge is -2.33. The van der Waals surface area contributed by atoms with Crippen LogP contribution in [0.2, 0.25) is 0 Å². The number of carbonyl (C=O) groups is 2. The summed E-state index contributed by atoms with van der Waals surface area (Å²) in [5, 5.41) is 0. The number of carbonyl (C=O) groups excluding carboxylic acids is 2. The highest BCUT2D eigenvalue weighted by atomic mass is 16.5. The van der Waals surface area contributed by atoms with Crippen molar-refractivity contribution in [2.45, 2.75) is 26.9 Å². The average Bonchev–Trinajstić information content (AvgIpc) is 3.32. The first kappa shape index (κ1) is 24.4.